The number of rotatable bonds is 13. The molecule has 220 valence electrons. The van der Waals surface area contributed by atoms with Gasteiger partial charge in [0.05, 0.1) is 19.1 Å². The van der Waals surface area contributed by atoms with Gasteiger partial charge in [0.15, 0.2) is 0 Å². The summed E-state index contributed by atoms with van der Waals surface area (Å²) in [6.45, 7) is 2.02. The molecule has 0 aliphatic heterocycles. The molecule has 0 aromatic heterocycles. The third-order valence-corrected chi connectivity index (χ3v) is 9.12. The van der Waals surface area contributed by atoms with E-state index in [1.54, 1.807) is 42.5 Å². The predicted octanol–water partition coefficient (Wildman–Crippen LogP) is 5.80. The molecule has 0 spiro atoms. The molecule has 11 heteroatoms. The van der Waals surface area contributed by atoms with E-state index in [1.165, 1.54) is 22.7 Å². The minimum atomic E-state index is -3.62. The van der Waals surface area contributed by atoms with Crippen molar-refractivity contribution in [3.8, 4) is 5.75 Å². The first-order chi connectivity index (χ1) is 19.0. The molecule has 2 aromatic carbocycles. The van der Waals surface area contributed by atoms with Gasteiger partial charge in [-0.05, 0) is 49.9 Å². The summed E-state index contributed by atoms with van der Waals surface area (Å²) in [5, 5.41) is 3.97. The number of nitrogens with one attached hydrogen (secondary N) is 1. The van der Waals surface area contributed by atoms with Gasteiger partial charge >= 0.3 is 0 Å². The number of nitrogens with zero attached hydrogens (tertiary/aromatic N) is 2. The first-order valence-electron chi connectivity index (χ1n) is 13.7. The lowest BCUT2D eigenvalue weighted by Gasteiger charge is -2.33. The number of benzene rings is 2. The van der Waals surface area contributed by atoms with E-state index in [2.05, 4.69) is 5.32 Å². The highest BCUT2D eigenvalue weighted by Gasteiger charge is 2.31. The van der Waals surface area contributed by atoms with Crippen LogP contribution in [-0.4, -0.2) is 57.1 Å². The number of ether oxygens (including phenoxy) is 1. The number of hydrogen-bond acceptors (Lipinski definition) is 5. The lowest BCUT2D eigenvalue weighted by Crippen LogP contribution is -2.51. The molecule has 0 bridgehead atoms. The summed E-state index contributed by atoms with van der Waals surface area (Å²) < 4.78 is 31.7. The van der Waals surface area contributed by atoms with Crippen LogP contribution in [0.1, 0.15) is 63.9 Å². The van der Waals surface area contributed by atoms with Crippen molar-refractivity contribution in [2.45, 2.75) is 76.9 Å². The molecular weight excluding hydrogens is 573 g/mol. The molecule has 1 atom stereocenters. The van der Waals surface area contributed by atoms with Gasteiger partial charge in [-0.3, -0.25) is 13.9 Å². The van der Waals surface area contributed by atoms with Gasteiger partial charge in [-0.1, -0.05) is 61.5 Å². The van der Waals surface area contributed by atoms with Crippen LogP contribution in [0.2, 0.25) is 10.0 Å². The van der Waals surface area contributed by atoms with Gasteiger partial charge in [0, 0.05) is 47.2 Å². The van der Waals surface area contributed by atoms with Crippen molar-refractivity contribution in [2.75, 3.05) is 24.2 Å². The first kappa shape index (κ1) is 32.0. The Kier molecular flexibility index (Phi) is 12.0. The van der Waals surface area contributed by atoms with Gasteiger partial charge in [-0.2, -0.15) is 0 Å². The monoisotopic (exact) mass is 611 g/mol. The lowest BCUT2D eigenvalue weighted by atomic mass is 9.95. The average molecular weight is 613 g/mol. The lowest BCUT2D eigenvalue weighted by molar-refractivity contribution is -0.141. The fourth-order valence-corrected chi connectivity index (χ4v) is 6.56. The average Bonchev–Trinajstić information content (AvgIpc) is 2.92. The Bertz CT molecular complexity index is 1250. The van der Waals surface area contributed by atoms with Crippen LogP contribution in [0.5, 0.6) is 5.75 Å². The van der Waals surface area contributed by atoms with Crippen LogP contribution in [0, 0.1) is 0 Å². The van der Waals surface area contributed by atoms with E-state index in [0.717, 1.165) is 31.9 Å². The molecule has 2 aromatic rings. The SMILES string of the molecule is CC[C@@H](C(=O)NC1CCCCC1)N(Cc1c(Cl)cccc1Cl)C(=O)CCCN(c1cccc(OC)c1)S(C)(=O)=O. The van der Waals surface area contributed by atoms with Gasteiger partial charge in [0.2, 0.25) is 21.8 Å². The van der Waals surface area contributed by atoms with E-state index in [0.29, 0.717) is 33.5 Å². The van der Waals surface area contributed by atoms with E-state index in [-0.39, 0.29) is 43.8 Å². The van der Waals surface area contributed by atoms with E-state index < -0.39 is 16.1 Å². The van der Waals surface area contributed by atoms with Crippen LogP contribution in [0.3, 0.4) is 0 Å². The molecule has 1 aliphatic rings. The van der Waals surface area contributed by atoms with Crippen LogP contribution in [0.4, 0.5) is 5.69 Å². The van der Waals surface area contributed by atoms with E-state index in [9.17, 15) is 18.0 Å². The van der Waals surface area contributed by atoms with E-state index >= 15 is 0 Å². The molecule has 0 heterocycles. The Labute approximate surface area is 248 Å². The zero-order valence-corrected chi connectivity index (χ0v) is 25.7. The molecule has 0 unspecified atom stereocenters. The summed E-state index contributed by atoms with van der Waals surface area (Å²) in [7, 11) is -2.11. The molecule has 1 fully saturated rings. The maximum absolute atomic E-state index is 13.7. The smallest absolute Gasteiger partial charge is 0.243 e. The standard InChI is InChI=1S/C29H39Cl2N3O5S/c1-4-27(29(36)32-21-11-6-5-7-12-21)33(20-24-25(30)15-9-16-26(24)31)28(35)17-10-18-34(40(3,37)38)22-13-8-14-23(19-22)39-2/h8-9,13-16,19,21,27H,4-7,10-12,17-18,20H2,1-3H3,(H,32,36)/t27-/m0/s1. The van der Waals surface area contributed by atoms with Crippen molar-refractivity contribution >= 4 is 50.7 Å². The van der Waals surface area contributed by atoms with Crippen molar-refractivity contribution in [1.29, 1.82) is 0 Å². The maximum atomic E-state index is 13.7. The number of methoxy groups -OCH3 is 1. The minimum absolute atomic E-state index is 0.0330. The number of hydrogen-bond donors (Lipinski definition) is 1. The number of carbonyl (C=O) groups is 2. The fourth-order valence-electron chi connectivity index (χ4n) is 5.09. The predicted molar refractivity (Wildman–Crippen MR) is 161 cm³/mol. The summed E-state index contributed by atoms with van der Waals surface area (Å²) in [4.78, 5) is 28.7. The van der Waals surface area contributed by atoms with Crippen molar-refractivity contribution < 1.29 is 22.7 Å². The Hall–Kier alpha value is -2.49. The number of carbonyl (C=O) groups excluding carboxylic acids is 2. The highest BCUT2D eigenvalue weighted by atomic mass is 35.5. The van der Waals surface area contributed by atoms with Crippen molar-refractivity contribution in [2.24, 2.45) is 0 Å². The number of anilines is 1. The molecule has 2 amide bonds. The second-order valence-corrected chi connectivity index (χ2v) is 12.9. The molecular formula is C29H39Cl2N3O5S. The zero-order chi connectivity index (χ0) is 29.3. The quantitative estimate of drug-likeness (QED) is 0.308. The molecule has 8 nitrogen and oxygen atoms in total. The maximum Gasteiger partial charge on any atom is 0.243 e. The Morgan fingerprint density at radius 3 is 2.33 bits per heavy atom. The Balaban J connectivity index is 1.80. The number of sulfonamides is 1. The van der Waals surface area contributed by atoms with Crippen LogP contribution < -0.4 is 14.4 Å². The van der Waals surface area contributed by atoms with Crippen molar-refractivity contribution in [1.82, 2.24) is 10.2 Å². The summed E-state index contributed by atoms with van der Waals surface area (Å²) in [5.74, 6) is 0.0561. The summed E-state index contributed by atoms with van der Waals surface area (Å²) in [5.41, 5.74) is 1.02. The molecule has 1 N–H and O–H groups in total. The normalized spacial score (nSPS) is 14.8. The summed E-state index contributed by atoms with van der Waals surface area (Å²) in [6.07, 6.45) is 6.99. The third-order valence-electron chi connectivity index (χ3n) is 7.22. The topological polar surface area (TPSA) is 96.0 Å². The zero-order valence-electron chi connectivity index (χ0n) is 23.4. The van der Waals surface area contributed by atoms with Crippen molar-refractivity contribution in [3.05, 3.63) is 58.1 Å². The van der Waals surface area contributed by atoms with Crippen LogP contribution in [0.25, 0.3) is 0 Å². The summed E-state index contributed by atoms with van der Waals surface area (Å²) in [6, 6.07) is 11.3. The Morgan fingerprint density at radius 1 is 1.07 bits per heavy atom. The van der Waals surface area contributed by atoms with Gasteiger partial charge in [-0.15, -0.1) is 0 Å². The highest BCUT2D eigenvalue weighted by molar-refractivity contribution is 7.92. The highest BCUT2D eigenvalue weighted by Crippen LogP contribution is 2.28. The van der Waals surface area contributed by atoms with Gasteiger partial charge in [-0.25, -0.2) is 8.42 Å². The van der Waals surface area contributed by atoms with E-state index in [1.807, 2.05) is 6.92 Å². The van der Waals surface area contributed by atoms with Gasteiger partial charge < -0.3 is 15.0 Å². The molecule has 1 aliphatic carbocycles. The molecule has 0 saturated heterocycles. The van der Waals surface area contributed by atoms with Gasteiger partial charge in [0.1, 0.15) is 11.8 Å². The van der Waals surface area contributed by atoms with Gasteiger partial charge in [0.25, 0.3) is 0 Å². The second-order valence-electron chi connectivity index (χ2n) is 10.1. The minimum Gasteiger partial charge on any atom is -0.497 e. The first-order valence-corrected chi connectivity index (χ1v) is 16.3. The largest absolute Gasteiger partial charge is 0.497 e. The van der Waals surface area contributed by atoms with Crippen LogP contribution in [0.15, 0.2) is 42.5 Å². The molecule has 1 saturated carbocycles. The van der Waals surface area contributed by atoms with Crippen molar-refractivity contribution in [3.63, 3.8) is 0 Å². The number of amides is 2. The Morgan fingerprint density at radius 2 is 1.73 bits per heavy atom. The second kappa shape index (κ2) is 14.9. The third kappa shape index (κ3) is 8.75. The van der Waals surface area contributed by atoms with Crippen LogP contribution >= 0.6 is 23.2 Å². The summed E-state index contributed by atoms with van der Waals surface area (Å²) >= 11 is 12.9. The number of halogens is 2. The van der Waals surface area contributed by atoms with Crippen LogP contribution in [-0.2, 0) is 26.2 Å². The van der Waals surface area contributed by atoms with E-state index in [4.69, 9.17) is 27.9 Å². The fraction of sp³-hybridized carbons (Fsp3) is 0.517. The molecule has 0 radical (unpaired) electrons. The molecule has 3 rings (SSSR count). The molecule has 40 heavy (non-hydrogen) atoms.